The Morgan fingerprint density at radius 1 is 1.36 bits per heavy atom. The smallest absolute Gasteiger partial charge is 0.161 e. The molecule has 1 unspecified atom stereocenters. The Morgan fingerprint density at radius 2 is 2.18 bits per heavy atom. The minimum atomic E-state index is 0.288. The van der Waals surface area contributed by atoms with E-state index in [4.69, 9.17) is 0 Å². The van der Waals surface area contributed by atoms with Crippen molar-refractivity contribution in [1.82, 2.24) is 29.4 Å². The number of imidazole rings is 1. The topological polar surface area (TPSA) is 51.8 Å². The summed E-state index contributed by atoms with van der Waals surface area (Å²) >= 11 is 1.79. The molecule has 0 aromatic carbocycles. The van der Waals surface area contributed by atoms with Crippen LogP contribution in [0.25, 0.3) is 11.5 Å². The van der Waals surface area contributed by atoms with Gasteiger partial charge in [-0.15, -0.1) is 16.4 Å². The average Bonchev–Trinajstić information content (AvgIpc) is 3.17. The van der Waals surface area contributed by atoms with Crippen molar-refractivity contribution >= 4 is 11.3 Å². The summed E-state index contributed by atoms with van der Waals surface area (Å²) < 4.78 is 3.84. The number of thiophene rings is 1. The van der Waals surface area contributed by atoms with Crippen LogP contribution in [0, 0.1) is 6.92 Å². The lowest BCUT2D eigenvalue weighted by Gasteiger charge is -2.23. The van der Waals surface area contributed by atoms with Crippen LogP contribution in [0.1, 0.15) is 16.5 Å². The lowest BCUT2D eigenvalue weighted by Crippen LogP contribution is -2.24. The van der Waals surface area contributed by atoms with Crippen LogP contribution in [0.3, 0.4) is 0 Å². The highest BCUT2D eigenvalue weighted by atomic mass is 32.1. The van der Waals surface area contributed by atoms with Gasteiger partial charge in [0.25, 0.3) is 0 Å². The number of nitrogens with zero attached hydrogens (tertiary/aromatic N) is 6. The fourth-order valence-electron chi connectivity index (χ4n) is 2.49. The summed E-state index contributed by atoms with van der Waals surface area (Å²) in [6, 6.07) is 2.45. The lowest BCUT2D eigenvalue weighted by atomic mass is 10.1. The molecule has 6 nitrogen and oxygen atoms in total. The summed E-state index contributed by atoms with van der Waals surface area (Å²) in [7, 11) is 6.15. The van der Waals surface area contributed by atoms with Gasteiger partial charge >= 0.3 is 0 Å². The third-order valence-corrected chi connectivity index (χ3v) is 4.90. The van der Waals surface area contributed by atoms with Gasteiger partial charge in [-0.3, -0.25) is 4.90 Å². The summed E-state index contributed by atoms with van der Waals surface area (Å²) in [5, 5.41) is 10.7. The third-order valence-electron chi connectivity index (χ3n) is 3.78. The summed E-state index contributed by atoms with van der Waals surface area (Å²) in [6.07, 6.45) is 5.64. The van der Waals surface area contributed by atoms with Crippen LogP contribution >= 0.6 is 11.3 Å². The molecule has 7 heteroatoms. The average molecular weight is 316 g/mol. The number of hydrogen-bond donors (Lipinski definition) is 0. The minimum absolute atomic E-state index is 0.288. The Kier molecular flexibility index (Phi) is 4.08. The molecule has 0 spiro atoms. The highest BCUT2D eigenvalue weighted by Gasteiger charge is 2.19. The van der Waals surface area contributed by atoms with E-state index < -0.39 is 0 Å². The fourth-order valence-corrected chi connectivity index (χ4v) is 3.60. The molecule has 0 aliphatic carbocycles. The Morgan fingerprint density at radius 3 is 2.77 bits per heavy atom. The number of aromatic nitrogens is 5. The first-order chi connectivity index (χ1) is 10.6. The minimum Gasteiger partial charge on any atom is -0.333 e. The van der Waals surface area contributed by atoms with Gasteiger partial charge in [0.15, 0.2) is 5.82 Å². The molecule has 0 N–H and O–H groups in total. The summed E-state index contributed by atoms with van der Waals surface area (Å²) in [6.45, 7) is 2.93. The Hall–Kier alpha value is -1.99. The highest BCUT2D eigenvalue weighted by Crippen LogP contribution is 2.28. The van der Waals surface area contributed by atoms with E-state index in [0.717, 1.165) is 18.1 Å². The van der Waals surface area contributed by atoms with Crippen molar-refractivity contribution in [1.29, 1.82) is 0 Å². The molecule has 0 fully saturated rings. The molecular formula is C15H20N6S. The van der Waals surface area contributed by atoms with Crippen molar-refractivity contribution < 1.29 is 0 Å². The van der Waals surface area contributed by atoms with Gasteiger partial charge in [-0.1, -0.05) is 5.21 Å². The van der Waals surface area contributed by atoms with Crippen LogP contribution in [0.2, 0.25) is 0 Å². The maximum absolute atomic E-state index is 4.32. The largest absolute Gasteiger partial charge is 0.333 e. The van der Waals surface area contributed by atoms with Gasteiger partial charge < -0.3 is 4.57 Å². The first kappa shape index (κ1) is 14.9. The van der Waals surface area contributed by atoms with Gasteiger partial charge in [0.1, 0.15) is 5.69 Å². The molecule has 3 heterocycles. The molecule has 3 aromatic rings. The van der Waals surface area contributed by atoms with E-state index in [-0.39, 0.29) is 6.04 Å². The molecule has 3 rings (SSSR count). The SMILES string of the molecule is Cc1ccsc1C(Cn1cc(-c2nccn2C)nn1)N(C)C. The highest BCUT2D eigenvalue weighted by molar-refractivity contribution is 7.10. The maximum Gasteiger partial charge on any atom is 0.161 e. The summed E-state index contributed by atoms with van der Waals surface area (Å²) in [5.74, 6) is 0.833. The van der Waals surface area contributed by atoms with Crippen molar-refractivity contribution in [2.45, 2.75) is 19.5 Å². The van der Waals surface area contributed by atoms with Crippen LogP contribution in [0.5, 0.6) is 0 Å². The number of aryl methyl sites for hydroxylation is 2. The first-order valence-corrected chi connectivity index (χ1v) is 8.02. The maximum atomic E-state index is 4.32. The zero-order valence-corrected chi connectivity index (χ0v) is 14.1. The monoisotopic (exact) mass is 316 g/mol. The van der Waals surface area contributed by atoms with Gasteiger partial charge in [-0.2, -0.15) is 0 Å². The lowest BCUT2D eigenvalue weighted by molar-refractivity contribution is 0.262. The number of rotatable bonds is 5. The molecule has 0 aliphatic heterocycles. The van der Waals surface area contributed by atoms with Crippen molar-refractivity contribution in [2.24, 2.45) is 7.05 Å². The first-order valence-electron chi connectivity index (χ1n) is 7.14. The van der Waals surface area contributed by atoms with Crippen LogP contribution < -0.4 is 0 Å². The molecular weight excluding hydrogens is 296 g/mol. The summed E-state index contributed by atoms with van der Waals surface area (Å²) in [4.78, 5) is 7.91. The molecule has 116 valence electrons. The Balaban J connectivity index is 1.84. The normalized spacial score (nSPS) is 13.0. The zero-order chi connectivity index (χ0) is 15.7. The Labute approximate surface area is 134 Å². The van der Waals surface area contributed by atoms with E-state index in [1.54, 1.807) is 17.5 Å². The predicted octanol–water partition coefficient (Wildman–Crippen LogP) is 2.35. The van der Waals surface area contributed by atoms with Crippen LogP contribution in [-0.4, -0.2) is 43.5 Å². The Bertz CT molecular complexity index is 754. The van der Waals surface area contributed by atoms with Gasteiger partial charge in [-0.25, -0.2) is 9.67 Å². The van der Waals surface area contributed by atoms with Gasteiger partial charge in [-0.05, 0) is 38.0 Å². The molecule has 0 radical (unpaired) electrons. The molecule has 1 atom stereocenters. The number of likely N-dealkylation sites (N-methyl/N-ethyl adjacent to an activating group) is 1. The molecule has 3 aromatic heterocycles. The van der Waals surface area contributed by atoms with Crippen molar-refractivity contribution in [3.8, 4) is 11.5 Å². The second-order valence-electron chi connectivity index (χ2n) is 5.63. The molecule has 22 heavy (non-hydrogen) atoms. The zero-order valence-electron chi connectivity index (χ0n) is 13.3. The predicted molar refractivity (Wildman–Crippen MR) is 87.7 cm³/mol. The van der Waals surface area contributed by atoms with E-state index >= 15 is 0 Å². The van der Waals surface area contributed by atoms with Crippen molar-refractivity contribution in [3.63, 3.8) is 0 Å². The van der Waals surface area contributed by atoms with Gasteiger partial charge in [0.2, 0.25) is 0 Å². The second kappa shape index (κ2) is 6.02. The fraction of sp³-hybridized carbons (Fsp3) is 0.400. The number of hydrogen-bond acceptors (Lipinski definition) is 5. The van der Waals surface area contributed by atoms with Gasteiger partial charge in [0.05, 0.1) is 18.8 Å². The third kappa shape index (κ3) is 2.82. The van der Waals surface area contributed by atoms with Crippen LogP contribution in [0.4, 0.5) is 0 Å². The van der Waals surface area contributed by atoms with Gasteiger partial charge in [0, 0.05) is 24.3 Å². The molecule has 0 saturated heterocycles. The van der Waals surface area contributed by atoms with E-state index in [0.29, 0.717) is 0 Å². The van der Waals surface area contributed by atoms with E-state index in [2.05, 4.69) is 52.7 Å². The summed E-state index contributed by atoms with van der Waals surface area (Å²) in [5.41, 5.74) is 2.13. The molecule has 0 saturated carbocycles. The van der Waals surface area contributed by atoms with Crippen molar-refractivity contribution in [2.75, 3.05) is 14.1 Å². The molecule has 0 amide bonds. The van der Waals surface area contributed by atoms with Crippen LogP contribution in [0.15, 0.2) is 30.0 Å². The van der Waals surface area contributed by atoms with E-state index in [1.807, 2.05) is 28.7 Å². The molecule has 0 aliphatic rings. The van der Waals surface area contributed by atoms with Crippen molar-refractivity contribution in [3.05, 3.63) is 40.5 Å². The quantitative estimate of drug-likeness (QED) is 0.725. The van der Waals surface area contributed by atoms with E-state index in [1.165, 1.54) is 10.4 Å². The second-order valence-corrected chi connectivity index (χ2v) is 6.58. The standard InChI is InChI=1S/C15H20N6S/c1-11-5-8-22-14(11)13(19(2)3)10-21-9-12(17-18-21)15-16-6-7-20(15)4/h5-9,13H,10H2,1-4H3. The van der Waals surface area contributed by atoms with E-state index in [9.17, 15) is 0 Å². The van der Waals surface area contributed by atoms with Crippen LogP contribution in [-0.2, 0) is 13.6 Å². The molecule has 0 bridgehead atoms.